The average Bonchev–Trinajstić information content (AvgIpc) is 3.76. The number of morpholine rings is 1. The molecule has 3 aliphatic carbocycles. The Morgan fingerprint density at radius 1 is 0.392 bits per heavy atom. The maximum Gasteiger partial charge on any atom is 0.231 e. The van der Waals surface area contributed by atoms with Crippen LogP contribution >= 0.6 is 0 Å². The van der Waals surface area contributed by atoms with Gasteiger partial charge in [-0.15, -0.1) is 0 Å². The lowest BCUT2D eigenvalue weighted by molar-refractivity contribution is 0.0968. The van der Waals surface area contributed by atoms with Gasteiger partial charge >= 0.3 is 0 Å². The molecule has 0 radical (unpaired) electrons. The molecule has 3 aromatic rings. The molecule has 3 aliphatic heterocycles. The molecule has 284 valence electrons. The fraction of sp³-hybridized carbons (Fsp3) is 0.578. The Morgan fingerprint density at radius 3 is 0.980 bits per heavy atom. The first kappa shape index (κ1) is 44.0. The summed E-state index contributed by atoms with van der Waals surface area (Å²) < 4.78 is 20.2. The maximum absolute atomic E-state index is 5.08. The topological polar surface area (TPSA) is 61.8 Å². The average molecular weight is 703 g/mol. The Hall–Kier alpha value is -3.19. The Morgan fingerprint density at radius 2 is 0.765 bits per heavy atom. The zero-order valence-electron chi connectivity index (χ0n) is 31.8. The van der Waals surface area contributed by atoms with Gasteiger partial charge in [0.1, 0.15) is 0 Å². The van der Waals surface area contributed by atoms with Crippen LogP contribution in [0.15, 0.2) is 103 Å². The molecule has 4 heterocycles. The van der Waals surface area contributed by atoms with E-state index in [1.54, 1.807) is 12.4 Å². The first-order valence-corrected chi connectivity index (χ1v) is 20.2. The van der Waals surface area contributed by atoms with Crippen LogP contribution in [0.3, 0.4) is 0 Å². The van der Waals surface area contributed by atoms with E-state index < -0.39 is 0 Å². The lowest BCUT2D eigenvalue weighted by Crippen LogP contribution is -2.30. The number of pyridine rings is 1. The number of nitrogens with zero attached hydrogens (tertiary/aromatic N) is 1. The number of aromatic nitrogens is 1. The number of rotatable bonds is 0. The van der Waals surface area contributed by atoms with Crippen LogP contribution in [0, 0.1) is 0 Å². The Bertz CT molecular complexity index is 889. The van der Waals surface area contributed by atoms with Crippen LogP contribution in [0.5, 0.6) is 11.5 Å². The molecule has 2 aromatic carbocycles. The first-order chi connectivity index (χ1) is 25.5. The quantitative estimate of drug-likeness (QED) is 0.235. The van der Waals surface area contributed by atoms with Crippen LogP contribution < -0.4 is 14.8 Å². The second kappa shape index (κ2) is 36.6. The lowest BCUT2D eigenvalue weighted by Gasteiger charge is -2.10. The molecule has 1 aromatic heterocycles. The zero-order chi connectivity index (χ0) is 35.8. The van der Waals surface area contributed by atoms with Gasteiger partial charge in [0.2, 0.25) is 6.79 Å². The minimum absolute atomic E-state index is 0.360. The number of hydrogen-bond donors (Lipinski definition) is 1. The van der Waals surface area contributed by atoms with E-state index in [1.807, 2.05) is 78.9 Å². The van der Waals surface area contributed by atoms with E-state index in [4.69, 9.17) is 18.9 Å². The summed E-state index contributed by atoms with van der Waals surface area (Å²) >= 11 is 0. The largest absolute Gasteiger partial charge is 0.454 e. The monoisotopic (exact) mass is 703 g/mol. The molecule has 2 saturated heterocycles. The second-order valence-corrected chi connectivity index (χ2v) is 13.1. The summed E-state index contributed by atoms with van der Waals surface area (Å²) in [6.45, 7) is 6.19. The highest BCUT2D eigenvalue weighted by Crippen LogP contribution is 2.30. The van der Waals surface area contributed by atoms with E-state index >= 15 is 0 Å². The smallest absolute Gasteiger partial charge is 0.231 e. The van der Waals surface area contributed by atoms with Crippen LogP contribution in [0.2, 0.25) is 0 Å². The number of fused-ring (bicyclic) bond motifs is 1. The summed E-state index contributed by atoms with van der Waals surface area (Å²) in [5.41, 5.74) is 0. The van der Waals surface area contributed by atoms with Crippen molar-refractivity contribution in [2.75, 3.05) is 46.3 Å². The van der Waals surface area contributed by atoms with E-state index in [0.717, 1.165) is 51.0 Å². The standard InChI is InChI=1S/C7H6O2.2C6H12.C6H10.C6H6.C5H5N.C5H10O.C4H9NO/c1-2-4-7-6(3-1)8-5-9-7;6*1-2-4-6-5-3-1;1-3-6-4-2-5-1/h1-4H,5H2;2*1-6H2;1-2H,3-6H2;1-6H;1-5H;1-5H2;5H,1-4H2. The van der Waals surface area contributed by atoms with Gasteiger partial charge in [-0.3, -0.25) is 4.98 Å². The van der Waals surface area contributed by atoms with Crippen LogP contribution in [0.25, 0.3) is 0 Å². The summed E-state index contributed by atoms with van der Waals surface area (Å²) in [4.78, 5) is 3.78. The Kier molecular flexibility index (Phi) is 31.6. The summed E-state index contributed by atoms with van der Waals surface area (Å²) in [5.74, 6) is 1.69. The van der Waals surface area contributed by atoms with Crippen molar-refractivity contribution in [1.29, 1.82) is 0 Å². The second-order valence-electron chi connectivity index (χ2n) is 13.1. The molecule has 0 unspecified atom stereocenters. The number of allylic oxidation sites excluding steroid dienone is 2. The van der Waals surface area contributed by atoms with E-state index in [2.05, 4.69) is 22.5 Å². The van der Waals surface area contributed by atoms with Gasteiger partial charge in [0.15, 0.2) is 11.5 Å². The molecule has 0 spiro atoms. The molecule has 6 nitrogen and oxygen atoms in total. The molecule has 9 rings (SSSR count). The van der Waals surface area contributed by atoms with Crippen molar-refractivity contribution in [3.63, 3.8) is 0 Å². The molecular formula is C45H70N2O4. The van der Waals surface area contributed by atoms with Crippen LogP contribution in [0.4, 0.5) is 0 Å². The molecule has 6 aliphatic rings. The molecule has 2 saturated carbocycles. The number of hydrogen-bond acceptors (Lipinski definition) is 6. The fourth-order valence-electron chi connectivity index (χ4n) is 5.63. The highest BCUT2D eigenvalue weighted by Gasteiger charge is 2.09. The van der Waals surface area contributed by atoms with E-state index in [9.17, 15) is 0 Å². The third-order valence-corrected chi connectivity index (χ3v) is 8.59. The van der Waals surface area contributed by atoms with Crippen molar-refractivity contribution in [2.24, 2.45) is 0 Å². The van der Waals surface area contributed by atoms with Crippen molar-refractivity contribution >= 4 is 0 Å². The van der Waals surface area contributed by atoms with Gasteiger partial charge in [-0.2, -0.15) is 0 Å². The van der Waals surface area contributed by atoms with Crippen molar-refractivity contribution in [1.82, 2.24) is 10.3 Å². The van der Waals surface area contributed by atoms with Gasteiger partial charge in [0.05, 0.1) is 13.2 Å². The van der Waals surface area contributed by atoms with Gasteiger partial charge in [0, 0.05) is 38.7 Å². The number of nitrogens with one attached hydrogen (secondary N) is 1. The van der Waals surface area contributed by atoms with Gasteiger partial charge in [-0.25, -0.2) is 0 Å². The Balaban J connectivity index is 0.000000203. The van der Waals surface area contributed by atoms with Crippen molar-refractivity contribution < 1.29 is 18.9 Å². The molecule has 1 N–H and O–H groups in total. The Labute approximate surface area is 311 Å². The number of ether oxygens (including phenoxy) is 4. The van der Waals surface area contributed by atoms with Gasteiger partial charge in [-0.1, -0.05) is 144 Å². The van der Waals surface area contributed by atoms with Crippen LogP contribution in [0.1, 0.15) is 122 Å². The van der Waals surface area contributed by atoms with E-state index in [0.29, 0.717) is 6.79 Å². The lowest BCUT2D eigenvalue weighted by atomic mass is 10.0. The van der Waals surface area contributed by atoms with E-state index in [-0.39, 0.29) is 0 Å². The van der Waals surface area contributed by atoms with Crippen molar-refractivity contribution in [2.45, 2.75) is 122 Å². The molecule has 6 heteroatoms. The predicted molar refractivity (Wildman–Crippen MR) is 215 cm³/mol. The fourth-order valence-corrected chi connectivity index (χ4v) is 5.63. The minimum Gasteiger partial charge on any atom is -0.454 e. The van der Waals surface area contributed by atoms with Crippen LogP contribution in [-0.2, 0) is 9.47 Å². The number of benzene rings is 2. The zero-order valence-corrected chi connectivity index (χ0v) is 31.8. The molecule has 51 heavy (non-hydrogen) atoms. The maximum atomic E-state index is 5.08. The normalized spacial score (nSPS) is 18.1. The molecule has 0 bridgehead atoms. The molecule has 0 atom stereocenters. The van der Waals surface area contributed by atoms with Crippen molar-refractivity contribution in [3.05, 3.63) is 103 Å². The number of para-hydroxylation sites is 2. The summed E-state index contributed by atoms with van der Waals surface area (Å²) in [7, 11) is 0. The third kappa shape index (κ3) is 30.2. The predicted octanol–water partition coefficient (Wildman–Crippen LogP) is 11.8. The van der Waals surface area contributed by atoms with Gasteiger partial charge < -0.3 is 24.3 Å². The molecular weight excluding hydrogens is 633 g/mol. The van der Waals surface area contributed by atoms with Gasteiger partial charge in [0.25, 0.3) is 0 Å². The van der Waals surface area contributed by atoms with Crippen molar-refractivity contribution in [3.8, 4) is 11.5 Å². The molecule has 0 amide bonds. The summed E-state index contributed by atoms with van der Waals surface area (Å²) in [5, 5.41) is 3.16. The van der Waals surface area contributed by atoms with Gasteiger partial charge in [-0.05, 0) is 69.2 Å². The van der Waals surface area contributed by atoms with Crippen LogP contribution in [-0.4, -0.2) is 51.3 Å². The SMILES string of the molecule is C1=CCCCC1.C1CCCCC1.C1CCCCC1.C1CCOCC1.C1COCCN1.c1ccc2c(c1)OCO2.c1ccccc1.c1ccncc1. The van der Waals surface area contributed by atoms with E-state index in [1.165, 1.54) is 122 Å². The summed E-state index contributed by atoms with van der Waals surface area (Å²) in [6, 6.07) is 25.3. The minimum atomic E-state index is 0.360. The first-order valence-electron chi connectivity index (χ1n) is 20.2. The molecule has 4 fully saturated rings. The third-order valence-electron chi connectivity index (χ3n) is 8.59. The summed E-state index contributed by atoms with van der Waals surface area (Å²) in [6.07, 6.45) is 35.4. The highest BCUT2D eigenvalue weighted by molar-refractivity contribution is 5.40. The highest BCUT2D eigenvalue weighted by atomic mass is 16.7.